The highest BCUT2D eigenvalue weighted by Gasteiger charge is 2.49. The van der Waals surface area contributed by atoms with Gasteiger partial charge in [0.25, 0.3) is 0 Å². The molecule has 45 heavy (non-hydrogen) atoms. The summed E-state index contributed by atoms with van der Waals surface area (Å²) >= 11 is 0. The highest BCUT2D eigenvalue weighted by molar-refractivity contribution is 5.92. The number of carbonyl (C=O) groups is 1. The minimum atomic E-state index is -0.902. The van der Waals surface area contributed by atoms with E-state index in [4.69, 9.17) is 15.5 Å². The van der Waals surface area contributed by atoms with Gasteiger partial charge in [-0.05, 0) is 81.5 Å². The van der Waals surface area contributed by atoms with Crippen molar-refractivity contribution < 1.29 is 22.7 Å². The third-order valence-electron chi connectivity index (χ3n) is 10.1. The van der Waals surface area contributed by atoms with Crippen LogP contribution in [0, 0.1) is 17.6 Å². The number of nitrogens with two attached hydrogens (primary N) is 1. The van der Waals surface area contributed by atoms with E-state index >= 15 is 4.39 Å². The van der Waals surface area contributed by atoms with Crippen LogP contribution in [-0.4, -0.2) is 76.8 Å². The SMILES string of the molecule is Nc1cc2c(cc1F)CCCCC(=O)NCCC1CCCN(C1)c1nc(OC[C@@]34CCCN3C[C@H](F)C4)nc3c(F)c-2ncc13. The van der Waals surface area contributed by atoms with Crippen molar-refractivity contribution in [3.8, 4) is 17.3 Å². The Kier molecular flexibility index (Phi) is 8.18. The molecule has 0 saturated carbocycles. The zero-order valence-corrected chi connectivity index (χ0v) is 25.5. The number of pyridine rings is 1. The quantitative estimate of drug-likeness (QED) is 0.395. The van der Waals surface area contributed by atoms with Crippen LogP contribution in [0.2, 0.25) is 0 Å². The molecule has 3 atom stereocenters. The number of nitrogen functional groups attached to an aromatic ring is 1. The molecule has 3 fully saturated rings. The molecule has 2 aromatic heterocycles. The van der Waals surface area contributed by atoms with Gasteiger partial charge in [-0.2, -0.15) is 9.97 Å². The van der Waals surface area contributed by atoms with E-state index in [2.05, 4.69) is 25.1 Å². The standard InChI is InChI=1S/C33H40F3N7O2/c34-22-15-33(9-4-12-43(33)18-22)19-45-32-40-30-24-16-39-29(28(30)36)23-14-26(37)25(35)13-21(23)6-1-2-7-27(44)38-10-8-20-5-3-11-42(17-20)31(24)41-32/h13-14,16,20,22H,1-12,15,17-19,37H2,(H,38,44)/t20?,22-,33+/m1/s1. The fraction of sp³-hybridized carbons (Fsp3) is 0.576. The molecule has 3 aromatic rings. The molecule has 240 valence electrons. The van der Waals surface area contributed by atoms with E-state index in [0.29, 0.717) is 80.0 Å². The number of anilines is 2. The molecule has 0 radical (unpaired) electrons. The fourth-order valence-corrected chi connectivity index (χ4v) is 7.82. The van der Waals surface area contributed by atoms with Gasteiger partial charge in [0, 0.05) is 50.8 Å². The number of hydrogen-bond acceptors (Lipinski definition) is 8. The lowest BCUT2D eigenvalue weighted by Gasteiger charge is -2.34. The van der Waals surface area contributed by atoms with Crippen LogP contribution in [0.3, 0.4) is 0 Å². The fourth-order valence-electron chi connectivity index (χ4n) is 7.82. The molecular weight excluding hydrogens is 583 g/mol. The van der Waals surface area contributed by atoms with Crippen LogP contribution in [0.25, 0.3) is 22.2 Å². The van der Waals surface area contributed by atoms with E-state index in [-0.39, 0.29) is 35.4 Å². The van der Waals surface area contributed by atoms with Gasteiger partial charge in [-0.25, -0.2) is 13.2 Å². The van der Waals surface area contributed by atoms with E-state index < -0.39 is 23.3 Å². The van der Waals surface area contributed by atoms with Gasteiger partial charge in [0.15, 0.2) is 5.82 Å². The maximum Gasteiger partial charge on any atom is 0.319 e. The van der Waals surface area contributed by atoms with Crippen molar-refractivity contribution >= 4 is 28.3 Å². The van der Waals surface area contributed by atoms with E-state index in [1.165, 1.54) is 12.1 Å². The summed E-state index contributed by atoms with van der Waals surface area (Å²) in [6, 6.07) is 2.79. The van der Waals surface area contributed by atoms with Gasteiger partial charge < -0.3 is 20.7 Å². The van der Waals surface area contributed by atoms with Crippen molar-refractivity contribution in [1.29, 1.82) is 0 Å². The molecule has 9 nitrogen and oxygen atoms in total. The largest absolute Gasteiger partial charge is 0.461 e. The molecule has 1 unspecified atom stereocenters. The number of benzene rings is 1. The minimum absolute atomic E-state index is 0.00371. The summed E-state index contributed by atoms with van der Waals surface area (Å²) in [6.07, 6.45) is 7.66. The average Bonchev–Trinajstić information content (AvgIpc) is 3.55. The Labute approximate surface area is 260 Å². The monoisotopic (exact) mass is 623 g/mol. The zero-order valence-electron chi connectivity index (χ0n) is 25.5. The summed E-state index contributed by atoms with van der Waals surface area (Å²) in [5.41, 5.74) is 6.48. The topological polar surface area (TPSA) is 110 Å². The summed E-state index contributed by atoms with van der Waals surface area (Å²) in [5.74, 6) is -0.390. The Hall–Kier alpha value is -3.67. The molecule has 3 N–H and O–H groups in total. The van der Waals surface area contributed by atoms with Gasteiger partial charge in [-0.15, -0.1) is 0 Å². The molecule has 7 heterocycles. The first-order valence-electron chi connectivity index (χ1n) is 16.3. The maximum absolute atomic E-state index is 16.7. The molecule has 3 saturated heterocycles. The summed E-state index contributed by atoms with van der Waals surface area (Å²) in [6.45, 7) is 3.43. The Balaban J connectivity index is 1.33. The first-order valence-corrected chi connectivity index (χ1v) is 16.3. The Morgan fingerprint density at radius 2 is 1.93 bits per heavy atom. The van der Waals surface area contributed by atoms with Crippen LogP contribution in [0.15, 0.2) is 18.3 Å². The van der Waals surface area contributed by atoms with Crippen molar-refractivity contribution in [2.75, 3.05) is 50.0 Å². The predicted molar refractivity (Wildman–Crippen MR) is 166 cm³/mol. The van der Waals surface area contributed by atoms with Gasteiger partial charge in [-0.3, -0.25) is 14.7 Å². The number of alkyl halides is 1. The molecule has 5 aliphatic rings. The lowest BCUT2D eigenvalue weighted by molar-refractivity contribution is -0.121. The van der Waals surface area contributed by atoms with Crippen molar-refractivity contribution in [3.05, 3.63) is 35.5 Å². The molecule has 12 heteroatoms. The number of aryl methyl sites for hydroxylation is 1. The highest BCUT2D eigenvalue weighted by atomic mass is 19.1. The second kappa shape index (κ2) is 12.3. The Morgan fingerprint density at radius 3 is 2.82 bits per heavy atom. The van der Waals surface area contributed by atoms with Crippen LogP contribution >= 0.6 is 0 Å². The number of rotatable bonds is 3. The summed E-state index contributed by atoms with van der Waals surface area (Å²) in [4.78, 5) is 30.8. The third kappa shape index (κ3) is 5.89. The van der Waals surface area contributed by atoms with Crippen LogP contribution in [0.4, 0.5) is 24.7 Å². The van der Waals surface area contributed by atoms with Crippen molar-refractivity contribution in [2.24, 2.45) is 5.92 Å². The molecule has 6 bridgehead atoms. The highest BCUT2D eigenvalue weighted by Crippen LogP contribution is 2.41. The van der Waals surface area contributed by atoms with Crippen LogP contribution in [0.5, 0.6) is 6.01 Å². The number of ether oxygens (including phenoxy) is 1. The van der Waals surface area contributed by atoms with Gasteiger partial charge in [0.1, 0.15) is 35.6 Å². The van der Waals surface area contributed by atoms with Gasteiger partial charge in [0.2, 0.25) is 5.91 Å². The van der Waals surface area contributed by atoms with Crippen LogP contribution < -0.4 is 20.7 Å². The number of amides is 1. The van der Waals surface area contributed by atoms with Gasteiger partial charge >= 0.3 is 6.01 Å². The predicted octanol–water partition coefficient (Wildman–Crippen LogP) is 4.96. The van der Waals surface area contributed by atoms with E-state index in [0.717, 1.165) is 45.2 Å². The van der Waals surface area contributed by atoms with Crippen LogP contribution in [0.1, 0.15) is 63.4 Å². The molecule has 8 rings (SSSR count). The number of nitrogens with one attached hydrogen (secondary N) is 1. The molecule has 5 aliphatic heterocycles. The number of halogens is 3. The summed E-state index contributed by atoms with van der Waals surface area (Å²) in [7, 11) is 0. The Bertz CT molecular complexity index is 1610. The number of carbonyl (C=O) groups excluding carboxylic acids is 1. The first kappa shape index (κ1) is 30.0. The zero-order chi connectivity index (χ0) is 31.1. The minimum Gasteiger partial charge on any atom is -0.461 e. The molecule has 0 spiro atoms. The number of fused-ring (bicyclic) bond motifs is 9. The van der Waals surface area contributed by atoms with Crippen molar-refractivity contribution in [2.45, 2.75) is 75.9 Å². The maximum atomic E-state index is 16.7. The van der Waals surface area contributed by atoms with Crippen LogP contribution in [-0.2, 0) is 11.2 Å². The van der Waals surface area contributed by atoms with E-state index in [1.54, 1.807) is 6.20 Å². The number of hydrogen-bond donors (Lipinski definition) is 2. The van der Waals surface area contributed by atoms with E-state index in [9.17, 15) is 13.6 Å². The number of piperidine rings is 1. The second-order valence-electron chi connectivity index (χ2n) is 13.2. The van der Waals surface area contributed by atoms with Crippen molar-refractivity contribution in [1.82, 2.24) is 25.2 Å². The number of nitrogens with zero attached hydrogens (tertiary/aromatic N) is 5. The summed E-state index contributed by atoms with van der Waals surface area (Å²) < 4.78 is 52.0. The third-order valence-corrected chi connectivity index (χ3v) is 10.1. The summed E-state index contributed by atoms with van der Waals surface area (Å²) in [5, 5.41) is 3.51. The van der Waals surface area contributed by atoms with E-state index in [1.807, 2.05) is 0 Å². The molecule has 0 aliphatic carbocycles. The number of aromatic nitrogens is 3. The Morgan fingerprint density at radius 1 is 1.07 bits per heavy atom. The first-order chi connectivity index (χ1) is 21.8. The average molecular weight is 624 g/mol. The molecule has 1 aromatic carbocycles. The smallest absolute Gasteiger partial charge is 0.319 e. The van der Waals surface area contributed by atoms with Crippen molar-refractivity contribution in [3.63, 3.8) is 0 Å². The normalized spacial score (nSPS) is 26.0. The lowest BCUT2D eigenvalue weighted by Crippen LogP contribution is -2.43. The molecule has 1 amide bonds. The van der Waals surface area contributed by atoms with Gasteiger partial charge in [-0.1, -0.05) is 0 Å². The molecular formula is C33H40F3N7O2. The van der Waals surface area contributed by atoms with Gasteiger partial charge in [0.05, 0.1) is 16.6 Å². The second-order valence-corrected chi connectivity index (χ2v) is 13.2. The lowest BCUT2D eigenvalue weighted by atomic mass is 9.94.